The van der Waals surface area contributed by atoms with Crippen molar-refractivity contribution in [2.75, 3.05) is 0 Å². The molecule has 0 unspecified atom stereocenters. The van der Waals surface area contributed by atoms with E-state index in [0.717, 1.165) is 22.5 Å². The highest BCUT2D eigenvalue weighted by atomic mass is 16.2. The number of nitrogens with zero attached hydrogens (tertiary/aromatic N) is 4. The van der Waals surface area contributed by atoms with Crippen LogP contribution in [0.2, 0.25) is 0 Å². The Morgan fingerprint density at radius 1 is 1.14 bits per heavy atom. The minimum absolute atomic E-state index is 0.245. The van der Waals surface area contributed by atoms with Gasteiger partial charge in [0.05, 0.1) is 11.4 Å². The molecule has 5 nitrogen and oxygen atoms in total. The Kier molecular flexibility index (Phi) is 3.63. The van der Waals surface area contributed by atoms with E-state index in [1.54, 1.807) is 18.5 Å². The zero-order chi connectivity index (χ0) is 15.7. The molecule has 0 atom stereocenters. The van der Waals surface area contributed by atoms with Gasteiger partial charge in [0, 0.05) is 18.0 Å². The molecule has 2 heterocycles. The lowest BCUT2D eigenvalue weighted by Gasteiger charge is -2.07. The molecule has 1 aromatic carbocycles. The largest absolute Gasteiger partial charge is 0.369 e. The molecule has 5 heteroatoms. The number of rotatable bonds is 2. The highest BCUT2D eigenvalue weighted by Crippen LogP contribution is 2.29. The van der Waals surface area contributed by atoms with Gasteiger partial charge in [-0.25, -0.2) is 4.79 Å². The van der Waals surface area contributed by atoms with Gasteiger partial charge in [0.1, 0.15) is 0 Å². The Morgan fingerprint density at radius 2 is 1.86 bits per heavy atom. The quantitative estimate of drug-likeness (QED) is 0.724. The van der Waals surface area contributed by atoms with Gasteiger partial charge >= 0.3 is 6.03 Å². The molecule has 0 fully saturated rings. The van der Waals surface area contributed by atoms with Crippen molar-refractivity contribution >= 4 is 6.03 Å². The van der Waals surface area contributed by atoms with E-state index >= 15 is 0 Å². The summed E-state index contributed by atoms with van der Waals surface area (Å²) in [4.78, 5) is 12.7. The van der Waals surface area contributed by atoms with E-state index in [0.29, 0.717) is 0 Å². The van der Waals surface area contributed by atoms with E-state index in [1.165, 1.54) is 9.36 Å². The van der Waals surface area contributed by atoms with Gasteiger partial charge < -0.3 is 0 Å². The molecule has 0 saturated heterocycles. The van der Waals surface area contributed by atoms with Crippen molar-refractivity contribution in [2.24, 2.45) is 0 Å². The maximum absolute atomic E-state index is 12.7. The van der Waals surface area contributed by atoms with Crippen molar-refractivity contribution in [3.05, 3.63) is 60.0 Å². The summed E-state index contributed by atoms with van der Waals surface area (Å²) in [5.74, 6) is 0.245. The second kappa shape index (κ2) is 5.60. The summed E-state index contributed by atoms with van der Waals surface area (Å²) in [5.41, 5.74) is 3.76. The lowest BCUT2D eigenvalue weighted by molar-refractivity contribution is 0.238. The van der Waals surface area contributed by atoms with E-state index in [2.05, 4.69) is 24.0 Å². The predicted molar refractivity (Wildman–Crippen MR) is 84.9 cm³/mol. The summed E-state index contributed by atoms with van der Waals surface area (Å²) in [7, 11) is 0. The smallest absolute Gasteiger partial charge is 0.244 e. The highest BCUT2D eigenvalue weighted by molar-refractivity contribution is 5.84. The third kappa shape index (κ3) is 2.35. The monoisotopic (exact) mass is 294 g/mol. The van der Waals surface area contributed by atoms with Gasteiger partial charge in [0.15, 0.2) is 0 Å². The molecule has 0 bridgehead atoms. The molecular weight excluding hydrogens is 276 g/mol. The first-order chi connectivity index (χ1) is 10.6. The third-order valence-corrected chi connectivity index (χ3v) is 3.63. The molecule has 0 amide bonds. The highest BCUT2D eigenvalue weighted by Gasteiger charge is 2.22. The summed E-state index contributed by atoms with van der Waals surface area (Å²) >= 11 is 0. The molecular formula is C17H18N4O. The first-order valence-electron chi connectivity index (χ1n) is 7.29. The fourth-order valence-corrected chi connectivity index (χ4v) is 2.61. The predicted octanol–water partition coefficient (Wildman–Crippen LogP) is 3.69. The molecule has 0 N–H and O–H groups in total. The van der Waals surface area contributed by atoms with Crippen molar-refractivity contribution in [3.63, 3.8) is 0 Å². The fourth-order valence-electron chi connectivity index (χ4n) is 2.61. The molecule has 0 saturated carbocycles. The Morgan fingerprint density at radius 3 is 2.45 bits per heavy atom. The van der Waals surface area contributed by atoms with Gasteiger partial charge in [-0.1, -0.05) is 44.2 Å². The molecule has 2 aromatic heterocycles. The normalized spacial score (nSPS) is 11.1. The molecule has 112 valence electrons. The molecule has 3 rings (SSSR count). The Bertz CT molecular complexity index is 786. The van der Waals surface area contributed by atoms with Crippen molar-refractivity contribution in [1.29, 1.82) is 0 Å². The van der Waals surface area contributed by atoms with Crippen molar-refractivity contribution in [2.45, 2.75) is 26.7 Å². The number of carbonyl (C=O) groups excluding carboxylic acids is 1. The van der Waals surface area contributed by atoms with Crippen molar-refractivity contribution < 1.29 is 4.79 Å². The van der Waals surface area contributed by atoms with Gasteiger partial charge in [-0.05, 0) is 24.5 Å². The minimum atomic E-state index is -0.279. The number of carbonyl (C=O) groups is 1. The van der Waals surface area contributed by atoms with Crippen LogP contribution in [0, 0.1) is 6.92 Å². The Labute approximate surface area is 129 Å². The van der Waals surface area contributed by atoms with Gasteiger partial charge in [-0.15, -0.1) is 0 Å². The van der Waals surface area contributed by atoms with E-state index in [-0.39, 0.29) is 11.9 Å². The zero-order valence-electron chi connectivity index (χ0n) is 12.9. The van der Waals surface area contributed by atoms with Crippen molar-refractivity contribution in [1.82, 2.24) is 19.6 Å². The summed E-state index contributed by atoms with van der Waals surface area (Å²) in [6.07, 6.45) is 3.21. The number of aromatic nitrogens is 4. The maximum atomic E-state index is 12.7. The fraction of sp³-hybridized carbons (Fsp3) is 0.235. The Hall–Kier alpha value is -2.69. The summed E-state index contributed by atoms with van der Waals surface area (Å²) in [6, 6.07) is 11.3. The van der Waals surface area contributed by atoms with Crippen LogP contribution < -0.4 is 0 Å². The second-order valence-corrected chi connectivity index (χ2v) is 5.52. The van der Waals surface area contributed by atoms with E-state index in [1.807, 2.05) is 37.3 Å². The van der Waals surface area contributed by atoms with Crippen LogP contribution in [0.15, 0.2) is 48.8 Å². The van der Waals surface area contributed by atoms with Gasteiger partial charge in [-0.2, -0.15) is 19.6 Å². The SMILES string of the molecule is Cc1c(C(C)C)nn(C(=O)n2cccn2)c1-c1ccccc1. The zero-order valence-corrected chi connectivity index (χ0v) is 12.9. The van der Waals surface area contributed by atoms with Crippen LogP contribution in [0.4, 0.5) is 4.79 Å². The lowest BCUT2D eigenvalue weighted by Crippen LogP contribution is -2.22. The number of hydrogen-bond acceptors (Lipinski definition) is 3. The first-order valence-corrected chi connectivity index (χ1v) is 7.29. The van der Waals surface area contributed by atoms with E-state index < -0.39 is 0 Å². The van der Waals surface area contributed by atoms with Crippen LogP contribution in [0.25, 0.3) is 11.3 Å². The first kappa shape index (κ1) is 14.3. The van der Waals surface area contributed by atoms with Crippen molar-refractivity contribution in [3.8, 4) is 11.3 Å². The van der Waals surface area contributed by atoms with Gasteiger partial charge in [0.25, 0.3) is 0 Å². The summed E-state index contributed by atoms with van der Waals surface area (Å²) < 4.78 is 2.75. The Balaban J connectivity index is 2.21. The van der Waals surface area contributed by atoms with Gasteiger partial charge in [-0.3, -0.25) is 0 Å². The lowest BCUT2D eigenvalue weighted by atomic mass is 10.0. The summed E-state index contributed by atoms with van der Waals surface area (Å²) in [5, 5.41) is 8.57. The standard InChI is InChI=1S/C17H18N4O/c1-12(2)15-13(3)16(14-8-5-4-6-9-14)21(19-15)17(22)20-11-7-10-18-20/h4-12H,1-3H3. The molecule has 0 spiro atoms. The topological polar surface area (TPSA) is 52.7 Å². The third-order valence-electron chi connectivity index (χ3n) is 3.63. The second-order valence-electron chi connectivity index (χ2n) is 5.52. The molecule has 22 heavy (non-hydrogen) atoms. The molecule has 0 radical (unpaired) electrons. The van der Waals surface area contributed by atoms with Crippen LogP contribution in [-0.2, 0) is 0 Å². The average molecular weight is 294 g/mol. The van der Waals surface area contributed by atoms with Crippen LogP contribution in [0.1, 0.15) is 31.0 Å². The van der Waals surface area contributed by atoms with Crippen LogP contribution in [-0.4, -0.2) is 25.6 Å². The van der Waals surface area contributed by atoms with E-state index in [4.69, 9.17) is 0 Å². The minimum Gasteiger partial charge on any atom is -0.244 e. The maximum Gasteiger partial charge on any atom is 0.369 e. The molecule has 0 aliphatic rings. The molecule has 0 aliphatic carbocycles. The van der Waals surface area contributed by atoms with Gasteiger partial charge in [0.2, 0.25) is 0 Å². The van der Waals surface area contributed by atoms with Crippen LogP contribution in [0.3, 0.4) is 0 Å². The van der Waals surface area contributed by atoms with E-state index in [9.17, 15) is 4.79 Å². The van der Waals surface area contributed by atoms with Crippen LogP contribution >= 0.6 is 0 Å². The molecule has 0 aliphatic heterocycles. The number of benzene rings is 1. The van der Waals surface area contributed by atoms with Crippen LogP contribution in [0.5, 0.6) is 0 Å². The number of hydrogen-bond donors (Lipinski definition) is 0. The average Bonchev–Trinajstić information content (AvgIpc) is 3.15. The molecule has 3 aromatic rings. The summed E-state index contributed by atoms with van der Waals surface area (Å²) in [6.45, 7) is 6.16.